The van der Waals surface area contributed by atoms with Gasteiger partial charge in [0.25, 0.3) is 0 Å². The van der Waals surface area contributed by atoms with Gasteiger partial charge >= 0.3 is 6.18 Å². The summed E-state index contributed by atoms with van der Waals surface area (Å²) in [6.45, 7) is 2.13. The summed E-state index contributed by atoms with van der Waals surface area (Å²) in [4.78, 5) is 0. The summed E-state index contributed by atoms with van der Waals surface area (Å²) in [6, 6.07) is 8.65. The van der Waals surface area contributed by atoms with Gasteiger partial charge in [0.05, 0.1) is 0 Å². The smallest absolute Gasteiger partial charge is 0.316 e. The van der Waals surface area contributed by atoms with Crippen LogP contribution in [0.15, 0.2) is 36.4 Å². The van der Waals surface area contributed by atoms with Crippen molar-refractivity contribution in [2.45, 2.75) is 38.4 Å². The molecule has 1 atom stereocenters. The van der Waals surface area contributed by atoms with Crippen molar-refractivity contribution in [1.29, 1.82) is 0 Å². The molecule has 4 heteroatoms. The molecule has 0 spiro atoms. The molecule has 0 saturated heterocycles. The highest BCUT2D eigenvalue weighted by molar-refractivity contribution is 5.84. The number of fused-ring (bicyclic) bond motifs is 1. The van der Waals surface area contributed by atoms with Crippen molar-refractivity contribution in [3.63, 3.8) is 0 Å². The Kier molecular flexibility index (Phi) is 4.33. The van der Waals surface area contributed by atoms with Crippen LogP contribution in [0.2, 0.25) is 0 Å². The number of unbranched alkanes of at least 4 members (excludes halogenated alkanes) is 1. The summed E-state index contributed by atoms with van der Waals surface area (Å²) in [5.74, 6) is 0. The molecule has 0 bridgehead atoms. The monoisotopic (exact) mass is 281 g/mol. The maximum atomic E-state index is 12.6. The van der Waals surface area contributed by atoms with Gasteiger partial charge in [-0.1, -0.05) is 43.7 Å². The van der Waals surface area contributed by atoms with E-state index in [-0.39, 0.29) is 5.56 Å². The van der Waals surface area contributed by atoms with E-state index in [0.29, 0.717) is 0 Å². The summed E-state index contributed by atoms with van der Waals surface area (Å²) >= 11 is 0. The molecule has 0 aliphatic rings. The second kappa shape index (κ2) is 5.83. The highest BCUT2D eigenvalue weighted by Crippen LogP contribution is 2.32. The van der Waals surface area contributed by atoms with Gasteiger partial charge in [-0.2, -0.15) is 13.2 Å². The quantitative estimate of drug-likeness (QED) is 0.860. The van der Waals surface area contributed by atoms with Crippen molar-refractivity contribution in [2.24, 2.45) is 5.73 Å². The Morgan fingerprint density at radius 3 is 2.35 bits per heavy atom. The van der Waals surface area contributed by atoms with Crippen LogP contribution in [0.4, 0.5) is 13.2 Å². The van der Waals surface area contributed by atoms with Crippen molar-refractivity contribution in [3.05, 3.63) is 47.5 Å². The van der Waals surface area contributed by atoms with Crippen molar-refractivity contribution in [1.82, 2.24) is 0 Å². The third-order valence-corrected chi connectivity index (χ3v) is 3.46. The Morgan fingerprint density at radius 2 is 1.70 bits per heavy atom. The first kappa shape index (κ1) is 14.9. The van der Waals surface area contributed by atoms with Crippen molar-refractivity contribution >= 4 is 10.8 Å². The normalized spacial score (nSPS) is 13.7. The maximum absolute atomic E-state index is 12.6. The lowest BCUT2D eigenvalue weighted by Crippen LogP contribution is -2.28. The van der Waals surface area contributed by atoms with Crippen LogP contribution in [0, 0.1) is 0 Å². The SMILES string of the molecule is CCCCc1ccc2cc([C@H](N)C(F)(F)F)ccc2c1. The van der Waals surface area contributed by atoms with Gasteiger partial charge in [-0.15, -0.1) is 0 Å². The van der Waals surface area contributed by atoms with Gasteiger partial charge in [0.15, 0.2) is 0 Å². The first-order chi connectivity index (χ1) is 9.41. The predicted molar refractivity (Wildman–Crippen MR) is 75.5 cm³/mol. The van der Waals surface area contributed by atoms with Crippen molar-refractivity contribution in [3.8, 4) is 0 Å². The molecule has 108 valence electrons. The van der Waals surface area contributed by atoms with Crippen LogP contribution in [-0.4, -0.2) is 6.18 Å². The van der Waals surface area contributed by atoms with E-state index < -0.39 is 12.2 Å². The number of alkyl halides is 3. The molecule has 0 radical (unpaired) electrons. The highest BCUT2D eigenvalue weighted by atomic mass is 19.4. The van der Waals surface area contributed by atoms with Gasteiger partial charge < -0.3 is 5.73 Å². The average molecular weight is 281 g/mol. The van der Waals surface area contributed by atoms with Gasteiger partial charge in [-0.05, 0) is 40.8 Å². The van der Waals surface area contributed by atoms with Gasteiger partial charge in [-0.3, -0.25) is 0 Å². The number of hydrogen-bond acceptors (Lipinski definition) is 1. The fourth-order valence-corrected chi connectivity index (χ4v) is 2.23. The molecule has 2 aromatic rings. The van der Waals surface area contributed by atoms with Crippen LogP contribution in [-0.2, 0) is 6.42 Å². The molecule has 0 amide bonds. The van der Waals surface area contributed by atoms with Gasteiger partial charge in [-0.25, -0.2) is 0 Å². The highest BCUT2D eigenvalue weighted by Gasteiger charge is 2.37. The molecule has 2 rings (SSSR count). The van der Waals surface area contributed by atoms with Gasteiger partial charge in [0.2, 0.25) is 0 Å². The molecule has 0 saturated carbocycles. The largest absolute Gasteiger partial charge is 0.407 e. The average Bonchev–Trinajstić information content (AvgIpc) is 2.42. The molecule has 2 N–H and O–H groups in total. The molecule has 1 nitrogen and oxygen atoms in total. The molecule has 0 fully saturated rings. The molecule has 2 aromatic carbocycles. The Morgan fingerprint density at radius 1 is 1.05 bits per heavy atom. The Labute approximate surface area is 116 Å². The standard InChI is InChI=1S/C16H18F3N/c1-2-3-4-11-5-6-13-10-14(8-7-12(13)9-11)15(20)16(17,18)19/h5-10,15H,2-4,20H2,1H3/t15-/m0/s1. The summed E-state index contributed by atoms with van der Waals surface area (Å²) in [5, 5.41) is 1.75. The minimum absolute atomic E-state index is 0.103. The number of benzene rings is 2. The molecule has 20 heavy (non-hydrogen) atoms. The zero-order valence-corrected chi connectivity index (χ0v) is 11.4. The van der Waals surface area contributed by atoms with E-state index >= 15 is 0 Å². The zero-order chi connectivity index (χ0) is 14.8. The van der Waals surface area contributed by atoms with E-state index in [2.05, 4.69) is 6.92 Å². The predicted octanol–water partition coefficient (Wildman–Crippen LogP) is 4.74. The zero-order valence-electron chi connectivity index (χ0n) is 11.4. The lowest BCUT2D eigenvalue weighted by Gasteiger charge is -2.16. The van der Waals surface area contributed by atoms with Crippen molar-refractivity contribution in [2.75, 3.05) is 0 Å². The molecule has 0 aliphatic heterocycles. The van der Waals surface area contributed by atoms with Crippen LogP contribution in [0.3, 0.4) is 0 Å². The summed E-state index contributed by atoms with van der Waals surface area (Å²) in [5.41, 5.74) is 6.55. The van der Waals surface area contributed by atoms with Crippen LogP contribution in [0.25, 0.3) is 10.8 Å². The Hall–Kier alpha value is -1.55. The number of nitrogens with two attached hydrogens (primary N) is 1. The fraction of sp³-hybridized carbons (Fsp3) is 0.375. The fourth-order valence-electron chi connectivity index (χ4n) is 2.23. The first-order valence-electron chi connectivity index (χ1n) is 6.76. The van der Waals surface area contributed by atoms with Crippen LogP contribution < -0.4 is 5.73 Å². The maximum Gasteiger partial charge on any atom is 0.407 e. The molecular weight excluding hydrogens is 263 g/mol. The van der Waals surface area contributed by atoms with Crippen LogP contribution >= 0.6 is 0 Å². The van der Waals surface area contributed by atoms with Crippen LogP contribution in [0.1, 0.15) is 36.9 Å². The number of aryl methyl sites for hydroxylation is 1. The van der Waals surface area contributed by atoms with Gasteiger partial charge in [0.1, 0.15) is 6.04 Å². The second-order valence-corrected chi connectivity index (χ2v) is 5.06. The molecule has 0 aromatic heterocycles. The summed E-state index contributed by atoms with van der Waals surface area (Å²) in [7, 11) is 0. The lowest BCUT2D eigenvalue weighted by molar-refractivity contribution is -0.149. The molecular formula is C16H18F3N. The summed E-state index contributed by atoms with van der Waals surface area (Å²) < 4.78 is 37.8. The molecule has 0 heterocycles. The second-order valence-electron chi connectivity index (χ2n) is 5.06. The molecule has 0 unspecified atom stereocenters. The van der Waals surface area contributed by atoms with Crippen molar-refractivity contribution < 1.29 is 13.2 Å². The van der Waals surface area contributed by atoms with Gasteiger partial charge in [0, 0.05) is 0 Å². The topological polar surface area (TPSA) is 26.0 Å². The number of rotatable bonds is 4. The number of halogens is 3. The minimum Gasteiger partial charge on any atom is -0.316 e. The van der Waals surface area contributed by atoms with E-state index in [4.69, 9.17) is 5.73 Å². The molecule has 0 aliphatic carbocycles. The summed E-state index contributed by atoms with van der Waals surface area (Å²) in [6.07, 6.45) is -1.18. The van der Waals surface area contributed by atoms with E-state index in [1.807, 2.05) is 18.2 Å². The van der Waals surface area contributed by atoms with E-state index in [1.54, 1.807) is 6.07 Å². The Balaban J connectivity index is 2.31. The van der Waals surface area contributed by atoms with E-state index in [1.165, 1.54) is 17.7 Å². The number of hydrogen-bond donors (Lipinski definition) is 1. The van der Waals surface area contributed by atoms with E-state index in [9.17, 15) is 13.2 Å². The Bertz CT molecular complexity index is 590. The third-order valence-electron chi connectivity index (χ3n) is 3.46. The van der Waals surface area contributed by atoms with E-state index in [0.717, 1.165) is 30.0 Å². The minimum atomic E-state index is -4.41. The lowest BCUT2D eigenvalue weighted by atomic mass is 9.99. The first-order valence-corrected chi connectivity index (χ1v) is 6.76. The van der Waals surface area contributed by atoms with Crippen LogP contribution in [0.5, 0.6) is 0 Å². The third kappa shape index (κ3) is 3.31.